The van der Waals surface area contributed by atoms with Crippen molar-refractivity contribution >= 4 is 113 Å². The van der Waals surface area contributed by atoms with E-state index in [2.05, 4.69) is 82.3 Å². The van der Waals surface area contributed by atoms with Crippen molar-refractivity contribution < 1.29 is 119 Å². The van der Waals surface area contributed by atoms with Gasteiger partial charge in [-0.05, 0) is 161 Å². The predicted octanol–water partition coefficient (Wildman–Crippen LogP) is 15.2. The number of likely N-dealkylation sites (tertiary alicyclic amines) is 4. The standard InChI is InChI=1S/C47H67N5O6S2.C27H44N2O6S.C13H23NO4.C12H21NO4.C7H14O2.C6H11NO3/c1-12-15-17-22-46(23-24-46)60(56,57)50-43(55)47(26-32(47)14-3)27-37(53)36-25-33(28-51(36)42(54)31(8)45(9,10)11)58-44-49-40-34(19-18-20-35(40)52(44)30(6)7)41-48-39(29(4)5)38(59-41)21-16-13-2;1-7-9-10-11-26(12-13-26)36(34,35)28-24(33)27(15-19(27)8-2)16-22(31)21-14-20(30)17-29(21)23(32)18(3)25(4,5)6;1-8(13(2,3)4)11(16)14-7-9(15)6-10(14)12(17)18-5;1-7(12(2,3)4)10(15)13-6-8(14)5-9(13)11(16)17;1-5(6(8)9)7(2,3)4;1-10-6(9)5-2-4(8)3-7-5/h12-13,18-20,29-33,36H,1-2,14-17,21-28H2,3-11H3,(H,50,55);7,18-21,30H,1,8-17H2,2-6H3,(H,28,33);8-10,15H,6-7H2,1-5H3;7-9,14H,5-6H2,1-4H3,(H,16,17);5H,1-4H3,(H,8,9);4-5,7-8H,2-3H2,1H3/t31-,32-,33-,36+,47-;18-,19-,20-,21+,27-;8-,9-,10+;7-,8-,9+;5-;4-,5+/m111111/s1. The predicted molar refractivity (Wildman–Crippen MR) is 579 cm³/mol. The summed E-state index contributed by atoms with van der Waals surface area (Å²) in [5, 5.41) is 59.7. The third kappa shape index (κ3) is 31.5. The number of imidazole rings is 1. The Morgan fingerprint density at radius 1 is 0.513 bits per heavy atom. The van der Waals surface area contributed by atoms with E-state index in [1.54, 1.807) is 42.2 Å². The number of fused-ring (bicyclic) bond motifs is 1. The summed E-state index contributed by atoms with van der Waals surface area (Å²) < 4.78 is 74.6. The third-order valence-electron chi connectivity index (χ3n) is 32.9. The number of sulfonamides is 2. The molecular weight excluding hydrogens is 1980 g/mol. The molecule has 5 aliphatic heterocycles. The van der Waals surface area contributed by atoms with Crippen LogP contribution >= 0.6 is 11.3 Å². The van der Waals surface area contributed by atoms with Gasteiger partial charge in [-0.25, -0.2) is 31.4 Å². The smallest absolute Gasteiger partial charge is 0.328 e. The number of thiazole rings is 1. The Balaban J connectivity index is 0.000000282. The zero-order chi connectivity index (χ0) is 114. The molecule has 19 atom stereocenters. The van der Waals surface area contributed by atoms with E-state index in [9.17, 15) is 89.7 Å². The van der Waals surface area contributed by atoms with E-state index in [-0.39, 0.29) is 186 Å². The molecule has 846 valence electrons. The van der Waals surface area contributed by atoms with Gasteiger partial charge in [0.05, 0.1) is 94.7 Å². The van der Waals surface area contributed by atoms with Gasteiger partial charge >= 0.3 is 23.9 Å². The van der Waals surface area contributed by atoms with Gasteiger partial charge in [0.2, 0.25) is 55.5 Å². The largest absolute Gasteiger partial charge is 0.481 e. The minimum absolute atomic E-state index is 0.0179. The number of unbranched alkanes of at least 4 members (excludes halogenated alkanes) is 2. The Labute approximate surface area is 895 Å². The minimum Gasteiger partial charge on any atom is -0.481 e. The fourth-order valence-corrected chi connectivity index (χ4v) is 24.6. The molecule has 9 aliphatic rings. The number of ether oxygens (including phenoxy) is 3. The van der Waals surface area contributed by atoms with Crippen LogP contribution in [-0.2, 0) is 93.5 Å². The summed E-state index contributed by atoms with van der Waals surface area (Å²) in [5.74, 6) is -6.32. The molecule has 0 spiro atoms. The van der Waals surface area contributed by atoms with Gasteiger partial charge in [0.15, 0.2) is 11.6 Å². The maximum Gasteiger partial charge on any atom is 0.328 e. The van der Waals surface area contributed by atoms with E-state index in [4.69, 9.17) is 30.0 Å². The summed E-state index contributed by atoms with van der Waals surface area (Å²) in [7, 11) is -5.18. The van der Waals surface area contributed by atoms with Crippen LogP contribution in [0.15, 0.2) is 56.2 Å². The van der Waals surface area contributed by atoms with E-state index >= 15 is 0 Å². The van der Waals surface area contributed by atoms with Crippen molar-refractivity contribution in [2.45, 2.75) is 410 Å². The highest BCUT2D eigenvalue weighted by atomic mass is 32.2. The first kappa shape index (κ1) is 128. The molecule has 12 rings (SSSR count). The molecule has 1 aromatic carbocycles. The number of amides is 6. The average Bonchev–Trinajstić information content (AvgIpc) is 1.56. The number of esters is 2. The molecule has 0 radical (unpaired) electrons. The Kier molecular flexibility index (Phi) is 44.1. The van der Waals surface area contributed by atoms with Crippen molar-refractivity contribution in [1.82, 2.24) is 48.9 Å². The SMILES string of the molecule is C=CCCCC1(S(=O)(=O)NC(=O)[C@@]2(CC(=O)[C@@H]3C[C@@H](O)CN3C(=O)[C@@H](C)C(C)(C)C)C[C@H]2CC)CC1.C=CCCCC1(S(=O)(=O)NC(=O)[C@@]2(CC(=O)[C@@H]3C[C@@H](Oc4nc5c(-c6nc(C(C)C)c(CCC=C)s6)cccc5n4C(C)C)CN3C(=O)[C@@H](C)C(C)(C)C)C[C@H]2CC)CC1.COC(=O)[C@@H]1C[C@@H](O)CN1.COC(=O)[C@@H]1C[C@@H](O)CN1C(=O)[C@@H](C)C(C)(C)C.C[C@H](C(=O)N1C[C@H](O)C[C@H]1C(=O)O)C(C)(C)C.C[C@H](C(=O)O)C(C)(C)C. The lowest BCUT2D eigenvalue weighted by atomic mass is 9.81. The number of aliphatic hydroxyl groups excluding tert-OH is 4. The summed E-state index contributed by atoms with van der Waals surface area (Å²) in [6.45, 7) is 63.3. The van der Waals surface area contributed by atoms with Crippen molar-refractivity contribution in [2.75, 3.05) is 46.9 Å². The van der Waals surface area contributed by atoms with Crippen LogP contribution in [0.4, 0.5) is 0 Å². The van der Waals surface area contributed by atoms with E-state index in [0.29, 0.717) is 102 Å². The normalized spacial score (nSPS) is 25.6. The molecule has 38 heteroatoms. The number of hydrogen-bond donors (Lipinski definition) is 9. The third-order valence-corrected chi connectivity index (χ3v) is 38.4. The Morgan fingerprint density at radius 3 is 1.24 bits per heavy atom. The molecule has 35 nitrogen and oxygen atoms in total. The summed E-state index contributed by atoms with van der Waals surface area (Å²) in [5.41, 5.74) is 0.297. The quantitative estimate of drug-likeness (QED) is 0.0146. The molecular formula is C112H180N10O25S3. The number of rotatable bonds is 38. The van der Waals surface area contributed by atoms with Crippen LogP contribution in [0.2, 0.25) is 0 Å². The number of carboxylic acid groups (broad SMARTS) is 2. The Bertz CT molecular complexity index is 5510. The van der Waals surface area contributed by atoms with E-state index in [1.807, 2.05) is 157 Å². The summed E-state index contributed by atoms with van der Waals surface area (Å²) in [4.78, 5) is 169. The number of benzene rings is 1. The summed E-state index contributed by atoms with van der Waals surface area (Å²) in [6, 6.07) is 3.01. The van der Waals surface area contributed by atoms with Gasteiger partial charge in [-0.3, -0.25) is 62.0 Å². The van der Waals surface area contributed by atoms with Crippen LogP contribution in [0.1, 0.15) is 344 Å². The van der Waals surface area contributed by atoms with Crippen LogP contribution in [0.25, 0.3) is 21.6 Å². The number of carboxylic acids is 2. The van der Waals surface area contributed by atoms with E-state index in [1.165, 1.54) is 33.8 Å². The van der Waals surface area contributed by atoms with Gasteiger partial charge in [0.25, 0.3) is 6.01 Å². The highest BCUT2D eigenvalue weighted by molar-refractivity contribution is 7.92. The van der Waals surface area contributed by atoms with Gasteiger partial charge in [-0.1, -0.05) is 203 Å². The summed E-state index contributed by atoms with van der Waals surface area (Å²) in [6.07, 6.45) is 13.0. The van der Waals surface area contributed by atoms with Gasteiger partial charge in [0.1, 0.15) is 34.8 Å². The second kappa shape index (κ2) is 51.6. The molecule has 3 aromatic rings. The van der Waals surface area contributed by atoms with Crippen LogP contribution < -0.4 is 19.5 Å². The number of carbonyl (C=O) groups excluding carboxylic acids is 10. The van der Waals surface area contributed by atoms with Gasteiger partial charge < -0.3 is 69.8 Å². The number of nitrogens with one attached hydrogen (secondary N) is 3. The number of carbonyl (C=O) groups is 12. The van der Waals surface area contributed by atoms with E-state index in [0.717, 1.165) is 46.6 Å². The lowest BCUT2D eigenvalue weighted by Gasteiger charge is -2.33. The lowest BCUT2D eigenvalue weighted by molar-refractivity contribution is -0.153. The highest BCUT2D eigenvalue weighted by Gasteiger charge is 2.66. The molecule has 6 amide bonds. The van der Waals surface area contributed by atoms with Gasteiger partial charge in [0, 0.05) is 111 Å². The second-order valence-corrected chi connectivity index (χ2v) is 54.6. The first-order valence-electron chi connectivity index (χ1n) is 53.8. The molecule has 0 bridgehead atoms. The van der Waals surface area contributed by atoms with Crippen LogP contribution in [-0.4, -0.2) is 270 Å². The zero-order valence-corrected chi connectivity index (χ0v) is 97.1. The van der Waals surface area contributed by atoms with Crippen molar-refractivity contribution in [1.29, 1.82) is 0 Å². The topological polar surface area (TPSA) is 502 Å². The average molecular weight is 2160 g/mol. The highest BCUT2D eigenvalue weighted by Crippen LogP contribution is 2.61. The molecule has 9 N–H and O–H groups in total. The zero-order valence-electron chi connectivity index (χ0n) is 94.6. The number of hydrogen-bond acceptors (Lipinski definition) is 27. The number of nitrogens with zero attached hydrogens (tertiary/aromatic N) is 7. The fraction of sp³-hybridized carbons (Fsp3) is 0.750. The molecule has 4 saturated carbocycles. The molecule has 9 fully saturated rings. The van der Waals surface area contributed by atoms with E-state index < -0.39 is 131 Å². The molecule has 150 heavy (non-hydrogen) atoms. The van der Waals surface area contributed by atoms with Gasteiger partial charge in [-0.15, -0.1) is 31.1 Å². The first-order chi connectivity index (χ1) is 69.3. The number of para-hydroxylation sites is 1. The van der Waals surface area contributed by atoms with Crippen molar-refractivity contribution in [2.24, 2.45) is 79.3 Å². The maximum atomic E-state index is 14.6. The fourth-order valence-electron chi connectivity index (χ4n) is 20.0. The number of methoxy groups -OCH3 is 2. The maximum absolute atomic E-state index is 14.6. The first-order valence-corrected chi connectivity index (χ1v) is 57.6. The molecule has 4 aliphatic carbocycles. The number of aromatic nitrogens is 3. The number of aryl methyl sites for hydroxylation is 1. The molecule has 2 aromatic heterocycles. The number of allylic oxidation sites excluding steroid dienone is 3. The number of ketones is 2. The van der Waals surface area contributed by atoms with Crippen molar-refractivity contribution in [3.05, 3.63) is 66.7 Å². The van der Waals surface area contributed by atoms with Crippen molar-refractivity contribution in [3.63, 3.8) is 0 Å². The number of aliphatic hydroxyl groups is 4. The molecule has 0 unspecified atom stereocenters. The molecule has 5 saturated heterocycles. The molecule has 7 heterocycles. The van der Waals surface area contributed by atoms with Gasteiger partial charge in [-0.2, -0.15) is 4.98 Å². The summed E-state index contributed by atoms with van der Waals surface area (Å²) >= 11 is 1.69. The number of β-amino-alcohol motifs (C(OH)–C–C–N with tert-alkyl or cyclic N) is 4. The van der Waals surface area contributed by atoms with Crippen LogP contribution in [0, 0.1) is 79.3 Å². The number of Topliss-reactive ketones (excluding diaryl/α,β-unsaturated/α-hetero) is 2. The Hall–Kier alpha value is -8.92. The monoisotopic (exact) mass is 2160 g/mol. The lowest BCUT2D eigenvalue weighted by Crippen LogP contribution is -2.48. The van der Waals surface area contributed by atoms with Crippen LogP contribution in [0.5, 0.6) is 6.01 Å². The second-order valence-electron chi connectivity index (χ2n) is 49.3. The number of aliphatic carboxylic acids is 2. The van der Waals surface area contributed by atoms with Crippen molar-refractivity contribution in [3.8, 4) is 16.6 Å². The van der Waals surface area contributed by atoms with Crippen LogP contribution in [0.3, 0.4) is 0 Å². The Morgan fingerprint density at radius 2 is 0.900 bits per heavy atom. The minimum atomic E-state index is -3.95.